The first kappa shape index (κ1) is 12.8. The predicted octanol–water partition coefficient (Wildman–Crippen LogP) is 1.89. The van der Waals surface area contributed by atoms with Gasteiger partial charge in [-0.25, -0.2) is 22.1 Å². The maximum atomic E-state index is 12.1. The summed E-state index contributed by atoms with van der Waals surface area (Å²) in [6, 6.07) is 0. The van der Waals surface area contributed by atoms with Gasteiger partial charge in [0, 0.05) is 0 Å². The Bertz CT molecular complexity index is 185. The molecule has 0 spiro atoms. The van der Waals surface area contributed by atoms with Crippen molar-refractivity contribution >= 4 is 7.83 Å². The first-order chi connectivity index (χ1) is 5.73. The lowest BCUT2D eigenvalue weighted by Gasteiger charge is -2.20. The molecule has 0 aliphatic rings. The summed E-state index contributed by atoms with van der Waals surface area (Å²) in [6.07, 6.45) is -6.29. The van der Waals surface area contributed by atoms with Gasteiger partial charge in [0.1, 0.15) is 0 Å². The third kappa shape index (κ3) is 5.95. The molecule has 0 radical (unpaired) electrons. The van der Waals surface area contributed by atoms with Crippen LogP contribution >= 0.6 is 7.83 Å². The Kier molecular flexibility index (Phi) is 4.80. The molecule has 0 bridgehead atoms. The molecule has 0 aliphatic carbocycles. The number of halogens is 5. The van der Waals surface area contributed by atoms with Gasteiger partial charge >= 0.3 is 7.83 Å². The van der Waals surface area contributed by atoms with Gasteiger partial charge in [-0.05, 0) is 0 Å². The average molecular weight is 227 g/mol. The van der Waals surface area contributed by atoms with Crippen LogP contribution in [0.2, 0.25) is 0 Å². The minimum atomic E-state index is -5.51. The molecule has 0 rings (SSSR count). The summed E-state index contributed by atoms with van der Waals surface area (Å²) in [7, 11) is -5.51. The van der Waals surface area contributed by atoms with Crippen LogP contribution in [-0.4, -0.2) is 35.5 Å². The van der Waals surface area contributed by atoms with Gasteiger partial charge in [0.2, 0.25) is 0 Å². The second-order valence-corrected chi connectivity index (χ2v) is 3.64. The summed E-state index contributed by atoms with van der Waals surface area (Å²) in [6.45, 7) is -2.98. The van der Waals surface area contributed by atoms with Crippen LogP contribution < -0.4 is 0 Å². The second kappa shape index (κ2) is 4.88. The minimum absolute atomic E-state index is 0.470. The molecule has 1 atom stereocenters. The van der Waals surface area contributed by atoms with Gasteiger partial charge in [-0.2, -0.15) is 4.67 Å². The molecule has 0 aliphatic heterocycles. The van der Waals surface area contributed by atoms with Crippen molar-refractivity contribution in [1.82, 2.24) is 4.67 Å². The van der Waals surface area contributed by atoms with Crippen LogP contribution in [0.5, 0.6) is 0 Å². The second-order valence-electron chi connectivity index (χ2n) is 2.13. The van der Waals surface area contributed by atoms with E-state index in [1.807, 2.05) is 0 Å². The molecule has 0 saturated carbocycles. The molecule has 0 heterocycles. The molecule has 0 aromatic carbocycles. The Morgan fingerprint density at radius 3 is 1.62 bits per heavy atom. The monoisotopic (exact) mass is 227 g/mol. The first-order valence-electron chi connectivity index (χ1n) is 3.07. The van der Waals surface area contributed by atoms with Crippen LogP contribution in [0.15, 0.2) is 0 Å². The van der Waals surface area contributed by atoms with Gasteiger partial charge in [-0.3, -0.25) is 0 Å². The molecule has 0 aromatic rings. The molecule has 0 fully saturated rings. The highest BCUT2D eigenvalue weighted by molar-refractivity contribution is 7.49. The molecule has 3 nitrogen and oxygen atoms in total. The highest BCUT2D eigenvalue weighted by Gasteiger charge is 2.32. The average Bonchev–Trinajstić information content (AvgIpc) is 1.81. The van der Waals surface area contributed by atoms with Crippen molar-refractivity contribution < 1.29 is 31.2 Å². The van der Waals surface area contributed by atoms with Crippen molar-refractivity contribution in [2.45, 2.75) is 12.9 Å². The maximum Gasteiger partial charge on any atom is 0.443 e. The Morgan fingerprint density at radius 1 is 1.15 bits per heavy atom. The van der Waals surface area contributed by atoms with Crippen LogP contribution in [0.4, 0.5) is 21.8 Å². The Morgan fingerprint density at radius 2 is 1.46 bits per heavy atom. The number of rotatable bonds is 5. The van der Waals surface area contributed by atoms with E-state index < -0.39 is 38.4 Å². The van der Waals surface area contributed by atoms with E-state index in [1.165, 1.54) is 0 Å². The Hall–Kier alpha value is -0.200. The van der Waals surface area contributed by atoms with Crippen molar-refractivity contribution in [3.63, 3.8) is 0 Å². The van der Waals surface area contributed by atoms with Gasteiger partial charge in [-0.15, -0.1) is 4.20 Å². The van der Waals surface area contributed by atoms with Crippen LogP contribution in [0, 0.1) is 0 Å². The predicted molar refractivity (Wildman–Crippen MR) is 34.5 cm³/mol. The molecular weight excluding hydrogens is 220 g/mol. The quantitative estimate of drug-likeness (QED) is 0.575. The number of alkyl halides is 4. The lowest BCUT2D eigenvalue weighted by atomic mass is 10.6. The highest BCUT2D eigenvalue weighted by atomic mass is 31.2. The van der Waals surface area contributed by atoms with E-state index in [1.54, 1.807) is 0 Å². The summed E-state index contributed by atoms with van der Waals surface area (Å²) in [5.41, 5.74) is 0. The van der Waals surface area contributed by atoms with Gasteiger partial charge in [0.05, 0.1) is 13.1 Å². The molecule has 1 N–H and O–H groups in total. The summed E-state index contributed by atoms with van der Waals surface area (Å²) in [5, 5.41) is 0. The zero-order chi connectivity index (χ0) is 10.6. The van der Waals surface area contributed by atoms with Crippen LogP contribution in [0.1, 0.15) is 0 Å². The molecule has 9 heteroatoms. The van der Waals surface area contributed by atoms with Gasteiger partial charge < -0.3 is 4.89 Å². The molecule has 0 aromatic heterocycles. The lowest BCUT2D eigenvalue weighted by molar-refractivity contribution is 0.0698. The normalized spacial score (nSPS) is 17.0. The van der Waals surface area contributed by atoms with Crippen molar-refractivity contribution in [1.29, 1.82) is 0 Å². The molecule has 0 amide bonds. The van der Waals surface area contributed by atoms with E-state index >= 15 is 0 Å². The van der Waals surface area contributed by atoms with E-state index in [2.05, 4.69) is 0 Å². The van der Waals surface area contributed by atoms with E-state index in [-0.39, 0.29) is 0 Å². The van der Waals surface area contributed by atoms with Crippen LogP contribution in [-0.2, 0) is 4.57 Å². The topological polar surface area (TPSA) is 40.5 Å². The fourth-order valence-corrected chi connectivity index (χ4v) is 1.24. The number of nitrogens with zero attached hydrogens (tertiary/aromatic N) is 1. The summed E-state index contributed by atoms with van der Waals surface area (Å²) >= 11 is 0. The minimum Gasteiger partial charge on any atom is -0.309 e. The van der Waals surface area contributed by atoms with Crippen LogP contribution in [0.3, 0.4) is 0 Å². The Balaban J connectivity index is 4.29. The SMILES string of the molecule is O=P(O)(F)N(CC(F)F)CC(F)F. The molecule has 13 heavy (non-hydrogen) atoms. The largest absolute Gasteiger partial charge is 0.443 e. The third-order valence-electron chi connectivity index (χ3n) is 1.05. The Labute approximate surface area is 70.8 Å². The maximum absolute atomic E-state index is 12.1. The fourth-order valence-electron chi connectivity index (χ4n) is 0.595. The first-order valence-corrected chi connectivity index (χ1v) is 4.58. The van der Waals surface area contributed by atoms with E-state index in [4.69, 9.17) is 4.89 Å². The molecule has 1 unspecified atom stereocenters. The van der Waals surface area contributed by atoms with Gasteiger partial charge in [-0.1, -0.05) is 0 Å². The van der Waals surface area contributed by atoms with Gasteiger partial charge in [0.15, 0.2) is 0 Å². The van der Waals surface area contributed by atoms with Gasteiger partial charge in [0.25, 0.3) is 12.9 Å². The lowest BCUT2D eigenvalue weighted by Crippen LogP contribution is -2.29. The van der Waals surface area contributed by atoms with E-state index in [0.29, 0.717) is 0 Å². The number of hydrogen-bond donors (Lipinski definition) is 1. The fraction of sp³-hybridized carbons (Fsp3) is 1.00. The summed E-state index contributed by atoms with van der Waals surface area (Å²) in [4.78, 5) is 8.12. The van der Waals surface area contributed by atoms with Crippen molar-refractivity contribution in [2.24, 2.45) is 0 Å². The number of hydrogen-bond acceptors (Lipinski definition) is 1. The smallest absolute Gasteiger partial charge is 0.309 e. The van der Waals surface area contributed by atoms with E-state index in [9.17, 15) is 26.3 Å². The van der Waals surface area contributed by atoms with E-state index in [0.717, 1.165) is 0 Å². The zero-order valence-corrected chi connectivity index (χ0v) is 7.10. The summed E-state index contributed by atoms with van der Waals surface area (Å²) in [5.74, 6) is 0. The molecule has 80 valence electrons. The van der Waals surface area contributed by atoms with Crippen molar-refractivity contribution in [2.75, 3.05) is 13.1 Å². The highest BCUT2D eigenvalue weighted by Crippen LogP contribution is 2.46. The molecular formula is C4H7F5NO2P. The molecule has 0 saturated heterocycles. The van der Waals surface area contributed by atoms with Crippen molar-refractivity contribution in [3.05, 3.63) is 0 Å². The summed E-state index contributed by atoms with van der Waals surface area (Å²) < 4.78 is 68.1. The standard InChI is InChI=1S/C4H7F5NO2P/c5-3(6)1-10(2-4(7)8)13(9,11)12/h3-4H,1-2H2,(H,11,12). The third-order valence-corrected chi connectivity index (χ3v) is 2.07. The van der Waals surface area contributed by atoms with Crippen molar-refractivity contribution in [3.8, 4) is 0 Å². The van der Waals surface area contributed by atoms with Crippen LogP contribution in [0.25, 0.3) is 0 Å². The zero-order valence-electron chi connectivity index (χ0n) is 6.21.